The van der Waals surface area contributed by atoms with Gasteiger partial charge in [0.05, 0.1) is 24.4 Å². The third-order valence-corrected chi connectivity index (χ3v) is 6.15. The highest BCUT2D eigenvalue weighted by atomic mass is 35.5. The summed E-state index contributed by atoms with van der Waals surface area (Å²) in [6, 6.07) is 11.6. The van der Waals surface area contributed by atoms with E-state index in [0.717, 1.165) is 40.5 Å². The molecule has 0 spiro atoms. The van der Waals surface area contributed by atoms with Gasteiger partial charge in [-0.1, -0.05) is 75.3 Å². The van der Waals surface area contributed by atoms with Gasteiger partial charge in [0.15, 0.2) is 5.82 Å². The minimum absolute atomic E-state index is 0.0259. The molecule has 3 aromatic rings. The first-order valence-corrected chi connectivity index (χ1v) is 13.2. The van der Waals surface area contributed by atoms with Crippen molar-refractivity contribution in [2.75, 3.05) is 13.7 Å². The van der Waals surface area contributed by atoms with Gasteiger partial charge in [-0.15, -0.1) is 5.10 Å². The van der Waals surface area contributed by atoms with Crippen LogP contribution in [0.15, 0.2) is 48.8 Å². The Morgan fingerprint density at radius 1 is 1.16 bits per heavy atom. The molecule has 37 heavy (non-hydrogen) atoms. The fraction of sp³-hybridized carbons (Fsp3) is 0.448. The molecule has 0 bridgehead atoms. The molecule has 0 atom stereocenters. The maximum atomic E-state index is 15.1. The van der Waals surface area contributed by atoms with Gasteiger partial charge in [-0.05, 0) is 60.1 Å². The highest BCUT2D eigenvalue weighted by molar-refractivity contribution is 6.32. The van der Waals surface area contributed by atoms with E-state index < -0.39 is 0 Å². The standard InChI is InChI=1S/C29H38ClFN4O2/c1-7-9-22-17-23(18-25(30)27(22)37-19-21-11-13-24(36-6)14-12-21)35-20-32-28(33-35)26(10-8-2)34(31)16-15-29(3,4)5/h10-14,17-18,20H,7-9,15-16,19H2,1-6H3/b26-10-. The van der Waals surface area contributed by atoms with Crippen molar-refractivity contribution in [2.24, 2.45) is 5.41 Å². The quantitative estimate of drug-likeness (QED) is 0.224. The van der Waals surface area contributed by atoms with E-state index in [1.807, 2.05) is 43.3 Å². The van der Waals surface area contributed by atoms with Crippen molar-refractivity contribution < 1.29 is 14.0 Å². The summed E-state index contributed by atoms with van der Waals surface area (Å²) >= 11 is 6.70. The van der Waals surface area contributed by atoms with Crippen LogP contribution in [0, 0.1) is 5.41 Å². The number of rotatable bonds is 12. The summed E-state index contributed by atoms with van der Waals surface area (Å²) in [6.07, 6.45) is 6.50. The summed E-state index contributed by atoms with van der Waals surface area (Å²) in [5.41, 5.74) is 3.15. The van der Waals surface area contributed by atoms with Crippen LogP contribution >= 0.6 is 11.6 Å². The van der Waals surface area contributed by atoms with Crippen LogP contribution in [-0.4, -0.2) is 33.5 Å². The number of allylic oxidation sites excluding steroid dienone is 1. The lowest BCUT2D eigenvalue weighted by atomic mass is 9.92. The van der Waals surface area contributed by atoms with Crippen LogP contribution in [0.25, 0.3) is 11.4 Å². The summed E-state index contributed by atoms with van der Waals surface area (Å²) < 4.78 is 28.1. The second-order valence-corrected chi connectivity index (χ2v) is 10.6. The average Bonchev–Trinajstić information content (AvgIpc) is 3.35. The molecule has 0 unspecified atom stereocenters. The van der Waals surface area contributed by atoms with Crippen LogP contribution < -0.4 is 9.47 Å². The maximum absolute atomic E-state index is 15.1. The van der Waals surface area contributed by atoms with Gasteiger partial charge in [0, 0.05) is 0 Å². The van der Waals surface area contributed by atoms with Gasteiger partial charge < -0.3 is 9.47 Å². The molecule has 0 amide bonds. The fourth-order valence-electron chi connectivity index (χ4n) is 3.81. The highest BCUT2D eigenvalue weighted by Crippen LogP contribution is 2.34. The zero-order valence-electron chi connectivity index (χ0n) is 22.7. The first-order valence-electron chi connectivity index (χ1n) is 12.8. The Bertz CT molecular complexity index is 1190. The van der Waals surface area contributed by atoms with Gasteiger partial charge >= 0.3 is 0 Å². The van der Waals surface area contributed by atoms with Gasteiger partial charge in [-0.3, -0.25) is 0 Å². The van der Waals surface area contributed by atoms with Gasteiger partial charge in [0.2, 0.25) is 0 Å². The van der Waals surface area contributed by atoms with Gasteiger partial charge in [0.1, 0.15) is 30.1 Å². The predicted octanol–water partition coefficient (Wildman–Crippen LogP) is 7.83. The van der Waals surface area contributed by atoms with Gasteiger partial charge in [-0.25, -0.2) is 14.8 Å². The molecule has 3 rings (SSSR count). The Morgan fingerprint density at radius 2 is 1.89 bits per heavy atom. The van der Waals surface area contributed by atoms with Crippen LogP contribution in [0.3, 0.4) is 0 Å². The van der Waals surface area contributed by atoms with Crippen molar-refractivity contribution >= 4 is 17.3 Å². The Balaban J connectivity index is 1.84. The number of aryl methyl sites for hydroxylation is 1. The van der Waals surface area contributed by atoms with Crippen LogP contribution in [0.4, 0.5) is 4.48 Å². The molecule has 0 saturated heterocycles. The SMILES string of the molecule is CC/C=C(/c1ncn(-c2cc(Cl)c(OCc3ccc(OC)cc3)c(CCC)c2)n1)N(F)CCC(C)(C)C. The Labute approximate surface area is 225 Å². The van der Waals surface area contributed by atoms with E-state index in [1.54, 1.807) is 24.2 Å². The molecule has 200 valence electrons. The number of hydrogen-bond donors (Lipinski definition) is 0. The van der Waals surface area contributed by atoms with E-state index in [-0.39, 0.29) is 12.0 Å². The summed E-state index contributed by atoms with van der Waals surface area (Å²) in [7, 11) is 1.64. The number of halogens is 2. The topological polar surface area (TPSA) is 52.4 Å². The number of aromatic nitrogens is 3. The van der Waals surface area contributed by atoms with Crippen molar-refractivity contribution in [1.29, 1.82) is 0 Å². The molecule has 0 aliphatic heterocycles. The molecule has 0 radical (unpaired) electrons. The van der Waals surface area contributed by atoms with Crippen LogP contribution in [-0.2, 0) is 13.0 Å². The average molecular weight is 529 g/mol. The molecule has 0 saturated carbocycles. The first-order chi connectivity index (χ1) is 17.6. The molecule has 0 aliphatic carbocycles. The monoisotopic (exact) mass is 528 g/mol. The van der Waals surface area contributed by atoms with Gasteiger partial charge in [-0.2, -0.15) is 0 Å². The van der Waals surface area contributed by atoms with E-state index in [4.69, 9.17) is 21.1 Å². The largest absolute Gasteiger partial charge is 0.497 e. The molecule has 0 aliphatic rings. The Hall–Kier alpha value is -3.06. The van der Waals surface area contributed by atoms with E-state index >= 15 is 4.48 Å². The van der Waals surface area contributed by atoms with Crippen molar-refractivity contribution in [3.8, 4) is 17.2 Å². The van der Waals surface area contributed by atoms with Crippen molar-refractivity contribution in [3.63, 3.8) is 0 Å². The number of methoxy groups -OCH3 is 1. The molecular weight excluding hydrogens is 491 g/mol. The minimum Gasteiger partial charge on any atom is -0.497 e. The van der Waals surface area contributed by atoms with E-state index in [2.05, 4.69) is 37.8 Å². The van der Waals surface area contributed by atoms with Crippen molar-refractivity contribution in [1.82, 2.24) is 19.9 Å². The van der Waals surface area contributed by atoms with E-state index in [1.165, 1.54) is 0 Å². The number of nitrogens with zero attached hydrogens (tertiary/aromatic N) is 4. The number of hydrogen-bond acceptors (Lipinski definition) is 5. The van der Waals surface area contributed by atoms with Crippen molar-refractivity contribution in [2.45, 2.75) is 66.9 Å². The van der Waals surface area contributed by atoms with Gasteiger partial charge in [0.25, 0.3) is 0 Å². The van der Waals surface area contributed by atoms with Crippen LogP contribution in [0.1, 0.15) is 70.8 Å². The highest BCUT2D eigenvalue weighted by Gasteiger charge is 2.20. The molecule has 1 aromatic heterocycles. The lowest BCUT2D eigenvalue weighted by molar-refractivity contribution is 0.0884. The van der Waals surface area contributed by atoms with Crippen molar-refractivity contribution in [3.05, 3.63) is 70.8 Å². The second kappa shape index (κ2) is 13.0. The molecule has 1 heterocycles. The Morgan fingerprint density at radius 3 is 2.51 bits per heavy atom. The minimum atomic E-state index is 0.0259. The number of ether oxygens (including phenoxy) is 2. The second-order valence-electron chi connectivity index (χ2n) is 10.2. The van der Waals surface area contributed by atoms with E-state index in [9.17, 15) is 0 Å². The summed E-state index contributed by atoms with van der Waals surface area (Å²) in [5, 5.41) is 5.83. The maximum Gasteiger partial charge on any atom is 0.200 e. The van der Waals surface area contributed by atoms with Crippen LogP contribution in [0.5, 0.6) is 11.5 Å². The number of benzene rings is 2. The fourth-order valence-corrected chi connectivity index (χ4v) is 4.10. The molecular formula is C29H38ClFN4O2. The Kier molecular flexibility index (Phi) is 9.98. The third-order valence-electron chi connectivity index (χ3n) is 5.87. The molecule has 0 fully saturated rings. The lowest BCUT2D eigenvalue weighted by Crippen LogP contribution is -2.20. The zero-order chi connectivity index (χ0) is 27.0. The summed E-state index contributed by atoms with van der Waals surface area (Å²) in [4.78, 5) is 4.41. The molecule has 0 N–H and O–H groups in total. The zero-order valence-corrected chi connectivity index (χ0v) is 23.5. The predicted molar refractivity (Wildman–Crippen MR) is 148 cm³/mol. The molecule has 2 aromatic carbocycles. The summed E-state index contributed by atoms with van der Waals surface area (Å²) in [5.74, 6) is 1.80. The normalized spacial score (nSPS) is 12.1. The summed E-state index contributed by atoms with van der Waals surface area (Å²) in [6.45, 7) is 11.0. The molecule has 8 heteroatoms. The molecule has 6 nitrogen and oxygen atoms in total. The third kappa shape index (κ3) is 7.96. The lowest BCUT2D eigenvalue weighted by Gasteiger charge is -2.22. The smallest absolute Gasteiger partial charge is 0.200 e. The first kappa shape index (κ1) is 28.5. The van der Waals surface area contributed by atoms with E-state index in [0.29, 0.717) is 41.7 Å². The van der Waals surface area contributed by atoms with Crippen LogP contribution in [0.2, 0.25) is 5.02 Å².